The van der Waals surface area contributed by atoms with Gasteiger partial charge in [0.25, 0.3) is 11.5 Å². The van der Waals surface area contributed by atoms with Crippen molar-refractivity contribution in [3.05, 3.63) is 64.1 Å². The summed E-state index contributed by atoms with van der Waals surface area (Å²) in [6.07, 6.45) is 1.62. The average Bonchev–Trinajstić information content (AvgIpc) is 2.56. The highest BCUT2D eigenvalue weighted by Crippen LogP contribution is 2.09. The minimum absolute atomic E-state index is 0.0841. The van der Waals surface area contributed by atoms with Gasteiger partial charge < -0.3 is 20.3 Å². The molecule has 2 amide bonds. The van der Waals surface area contributed by atoms with Gasteiger partial charge in [-0.2, -0.15) is 0 Å². The van der Waals surface area contributed by atoms with E-state index in [0.29, 0.717) is 11.3 Å². The number of hydrogen-bond donors (Lipinski definition) is 3. The van der Waals surface area contributed by atoms with Crippen LogP contribution in [0.1, 0.15) is 15.9 Å². The van der Waals surface area contributed by atoms with Crippen molar-refractivity contribution < 1.29 is 14.7 Å². The van der Waals surface area contributed by atoms with Crippen LogP contribution in [0.15, 0.2) is 47.4 Å². The zero-order chi connectivity index (χ0) is 17.5. The number of anilines is 1. The van der Waals surface area contributed by atoms with Crippen LogP contribution in [0.3, 0.4) is 0 Å². The number of nitrogens with one attached hydrogen (secondary N) is 2. The Morgan fingerprint density at radius 1 is 1.12 bits per heavy atom. The number of carbonyl (C=O) groups excluding carboxylic acids is 2. The Morgan fingerprint density at radius 3 is 2.50 bits per heavy atom. The third kappa shape index (κ3) is 4.79. The molecule has 0 radical (unpaired) electrons. The standard InChI is InChI=1S/C17H19N3O4/c1-12-2-7-16(23)20(10-12)11-15(22)19-14-5-3-13(4-6-14)17(24)18-8-9-21/h2-7,10,21H,8-9,11H2,1H3,(H,18,24)(H,19,22). The van der Waals surface area contributed by atoms with Crippen molar-refractivity contribution in [1.29, 1.82) is 0 Å². The topological polar surface area (TPSA) is 100 Å². The fourth-order valence-corrected chi connectivity index (χ4v) is 2.11. The van der Waals surface area contributed by atoms with Crippen molar-refractivity contribution in [3.63, 3.8) is 0 Å². The van der Waals surface area contributed by atoms with E-state index in [4.69, 9.17) is 5.11 Å². The smallest absolute Gasteiger partial charge is 0.251 e. The van der Waals surface area contributed by atoms with Crippen LogP contribution in [-0.4, -0.2) is 34.6 Å². The molecule has 1 aromatic carbocycles. The monoisotopic (exact) mass is 329 g/mol. The van der Waals surface area contributed by atoms with Crippen molar-refractivity contribution in [1.82, 2.24) is 9.88 Å². The summed E-state index contributed by atoms with van der Waals surface area (Å²) in [7, 11) is 0. The molecule has 126 valence electrons. The zero-order valence-electron chi connectivity index (χ0n) is 13.3. The number of aromatic nitrogens is 1. The van der Waals surface area contributed by atoms with Gasteiger partial charge in [0.15, 0.2) is 0 Å². The first-order valence-electron chi connectivity index (χ1n) is 7.45. The molecule has 7 heteroatoms. The van der Waals surface area contributed by atoms with Gasteiger partial charge >= 0.3 is 0 Å². The van der Waals surface area contributed by atoms with Crippen LogP contribution >= 0.6 is 0 Å². The lowest BCUT2D eigenvalue weighted by atomic mass is 10.2. The second-order valence-electron chi connectivity index (χ2n) is 5.28. The van der Waals surface area contributed by atoms with Gasteiger partial charge in [-0.05, 0) is 36.8 Å². The number of rotatable bonds is 6. The van der Waals surface area contributed by atoms with Crippen LogP contribution in [0.4, 0.5) is 5.69 Å². The highest BCUT2D eigenvalue weighted by Gasteiger charge is 2.07. The first-order valence-corrected chi connectivity index (χ1v) is 7.45. The minimum atomic E-state index is -0.333. The van der Waals surface area contributed by atoms with Crippen LogP contribution in [0.2, 0.25) is 0 Å². The van der Waals surface area contributed by atoms with Gasteiger partial charge in [0, 0.05) is 30.1 Å². The predicted octanol–water partition coefficient (Wildman–Crippen LogP) is 0.518. The maximum absolute atomic E-state index is 12.0. The number of pyridine rings is 1. The largest absolute Gasteiger partial charge is 0.395 e. The molecule has 24 heavy (non-hydrogen) atoms. The van der Waals surface area contributed by atoms with Gasteiger partial charge in [-0.3, -0.25) is 14.4 Å². The number of aliphatic hydroxyl groups excluding tert-OH is 1. The van der Waals surface area contributed by atoms with Gasteiger partial charge in [0.05, 0.1) is 6.61 Å². The molecule has 3 N–H and O–H groups in total. The predicted molar refractivity (Wildman–Crippen MR) is 89.9 cm³/mol. The molecule has 0 aliphatic carbocycles. The molecule has 2 rings (SSSR count). The molecule has 0 fully saturated rings. The summed E-state index contributed by atoms with van der Waals surface area (Å²) in [6.45, 7) is 1.81. The molecule has 0 spiro atoms. The molecule has 0 unspecified atom stereocenters. The molecule has 1 aromatic heterocycles. The highest BCUT2D eigenvalue weighted by molar-refractivity contribution is 5.95. The maximum Gasteiger partial charge on any atom is 0.251 e. The molecule has 0 bridgehead atoms. The number of hydrogen-bond acceptors (Lipinski definition) is 4. The van der Waals surface area contributed by atoms with Crippen molar-refractivity contribution in [2.75, 3.05) is 18.5 Å². The van der Waals surface area contributed by atoms with Gasteiger partial charge in [-0.25, -0.2) is 0 Å². The quantitative estimate of drug-likeness (QED) is 0.719. The number of aryl methyl sites for hydroxylation is 1. The lowest BCUT2D eigenvalue weighted by molar-refractivity contribution is -0.116. The number of amides is 2. The Kier molecular flexibility index (Phi) is 5.86. The van der Waals surface area contributed by atoms with Gasteiger partial charge in [0.1, 0.15) is 6.54 Å². The Balaban J connectivity index is 1.98. The molecule has 0 saturated carbocycles. The van der Waals surface area contributed by atoms with Crippen LogP contribution in [0.25, 0.3) is 0 Å². The molecular formula is C17H19N3O4. The molecule has 0 atom stereocenters. The second kappa shape index (κ2) is 8.07. The summed E-state index contributed by atoms with van der Waals surface area (Å²) < 4.78 is 1.33. The van der Waals surface area contributed by atoms with Crippen LogP contribution < -0.4 is 16.2 Å². The van der Waals surface area contributed by atoms with E-state index in [1.807, 2.05) is 6.92 Å². The van der Waals surface area contributed by atoms with E-state index in [0.717, 1.165) is 5.56 Å². The highest BCUT2D eigenvalue weighted by atomic mass is 16.3. The normalized spacial score (nSPS) is 10.2. The Labute approximate surface area is 138 Å². The maximum atomic E-state index is 12.0. The van der Waals surface area contributed by atoms with Crippen LogP contribution in [0.5, 0.6) is 0 Å². The van der Waals surface area contributed by atoms with Crippen LogP contribution in [-0.2, 0) is 11.3 Å². The SMILES string of the molecule is Cc1ccc(=O)n(CC(=O)Nc2ccc(C(=O)NCCO)cc2)c1. The average molecular weight is 329 g/mol. The van der Waals surface area contributed by atoms with Crippen molar-refractivity contribution in [2.45, 2.75) is 13.5 Å². The van der Waals surface area contributed by atoms with E-state index in [-0.39, 0.29) is 37.1 Å². The minimum Gasteiger partial charge on any atom is -0.395 e. The molecule has 7 nitrogen and oxygen atoms in total. The summed E-state index contributed by atoms with van der Waals surface area (Å²) in [5.74, 6) is -0.631. The lowest BCUT2D eigenvalue weighted by Gasteiger charge is -2.09. The summed E-state index contributed by atoms with van der Waals surface area (Å²) in [5, 5.41) is 13.9. The van der Waals surface area contributed by atoms with E-state index >= 15 is 0 Å². The second-order valence-corrected chi connectivity index (χ2v) is 5.28. The zero-order valence-corrected chi connectivity index (χ0v) is 13.3. The molecule has 0 aliphatic heterocycles. The first kappa shape index (κ1) is 17.4. The summed E-state index contributed by atoms with van der Waals surface area (Å²) >= 11 is 0. The van der Waals surface area contributed by atoms with Crippen molar-refractivity contribution in [3.8, 4) is 0 Å². The first-order chi connectivity index (χ1) is 11.5. The summed E-state index contributed by atoms with van der Waals surface area (Å²) in [4.78, 5) is 35.4. The van der Waals surface area contributed by atoms with E-state index in [2.05, 4.69) is 10.6 Å². The number of benzene rings is 1. The lowest BCUT2D eigenvalue weighted by Crippen LogP contribution is -2.27. The van der Waals surface area contributed by atoms with Crippen LogP contribution in [0, 0.1) is 6.92 Å². The van der Waals surface area contributed by atoms with Crippen molar-refractivity contribution in [2.24, 2.45) is 0 Å². The molecule has 0 aliphatic rings. The van der Waals surface area contributed by atoms with Gasteiger partial charge in [-0.1, -0.05) is 6.07 Å². The van der Waals surface area contributed by atoms with E-state index in [9.17, 15) is 14.4 Å². The summed E-state index contributed by atoms with van der Waals surface area (Å²) in [5.41, 5.74) is 1.60. The molecule has 1 heterocycles. The fourth-order valence-electron chi connectivity index (χ4n) is 2.11. The van der Waals surface area contributed by atoms with Gasteiger partial charge in [-0.15, -0.1) is 0 Å². The van der Waals surface area contributed by atoms with Crippen molar-refractivity contribution >= 4 is 17.5 Å². The Bertz CT molecular complexity index is 781. The molecule has 2 aromatic rings. The number of carbonyl (C=O) groups is 2. The van der Waals surface area contributed by atoms with E-state index < -0.39 is 0 Å². The van der Waals surface area contributed by atoms with Gasteiger partial charge in [0.2, 0.25) is 5.91 Å². The number of nitrogens with zero attached hydrogens (tertiary/aromatic N) is 1. The fraction of sp³-hybridized carbons (Fsp3) is 0.235. The molecular weight excluding hydrogens is 310 g/mol. The Hall–Kier alpha value is -2.93. The third-order valence-electron chi connectivity index (χ3n) is 3.27. The van der Waals surface area contributed by atoms with E-state index in [1.165, 1.54) is 10.6 Å². The third-order valence-corrected chi connectivity index (χ3v) is 3.27. The van der Waals surface area contributed by atoms with E-state index in [1.54, 1.807) is 36.5 Å². The molecule has 0 saturated heterocycles. The summed E-state index contributed by atoms with van der Waals surface area (Å²) in [6, 6.07) is 9.46. The Morgan fingerprint density at radius 2 is 1.83 bits per heavy atom. The number of aliphatic hydroxyl groups is 1.